The Morgan fingerprint density at radius 1 is 0.920 bits per heavy atom. The summed E-state index contributed by atoms with van der Waals surface area (Å²) in [7, 11) is 0. The Bertz CT molecular complexity index is 766. The minimum Gasteiger partial charge on any atom is -0.317 e. The monoisotopic (exact) mass is 363 g/mol. The molecule has 0 aliphatic heterocycles. The van der Waals surface area contributed by atoms with Crippen LogP contribution in [0.1, 0.15) is 52.6 Å². The van der Waals surface area contributed by atoms with Crippen molar-refractivity contribution in [3.63, 3.8) is 0 Å². The molecule has 0 saturated carbocycles. The summed E-state index contributed by atoms with van der Waals surface area (Å²) in [5, 5.41) is 0. The minimum atomic E-state index is -4.93. The van der Waals surface area contributed by atoms with E-state index in [1.165, 1.54) is 17.6 Å². The number of aromatic nitrogens is 1. The molecule has 0 fully saturated rings. The second kappa shape index (κ2) is 6.24. The molecule has 0 spiro atoms. The molecule has 2 nitrogen and oxygen atoms in total. The van der Waals surface area contributed by atoms with Crippen molar-refractivity contribution in [2.45, 2.75) is 39.0 Å². The van der Waals surface area contributed by atoms with E-state index in [1.807, 2.05) is 0 Å². The number of benzene rings is 1. The summed E-state index contributed by atoms with van der Waals surface area (Å²) in [6.07, 6.45) is -9.33. The van der Waals surface area contributed by atoms with E-state index in [9.17, 15) is 31.1 Å². The quantitative estimate of drug-likeness (QED) is 0.502. The Morgan fingerprint density at radius 3 is 1.76 bits per heavy atom. The van der Waals surface area contributed by atoms with Crippen molar-refractivity contribution < 1.29 is 31.1 Å². The van der Waals surface area contributed by atoms with Crippen molar-refractivity contribution in [1.29, 1.82) is 0 Å². The summed E-state index contributed by atoms with van der Waals surface area (Å²) in [6.45, 7) is 4.94. The second-order valence-electron chi connectivity index (χ2n) is 5.98. The number of carbonyl (C=O) groups excluding carboxylic acids is 1. The van der Waals surface area contributed by atoms with Gasteiger partial charge in [-0.3, -0.25) is 4.79 Å². The molecule has 0 aliphatic carbocycles. The van der Waals surface area contributed by atoms with Crippen molar-refractivity contribution in [3.8, 4) is 5.69 Å². The summed E-state index contributed by atoms with van der Waals surface area (Å²) >= 11 is 0. The zero-order chi connectivity index (χ0) is 19.2. The van der Waals surface area contributed by atoms with Crippen LogP contribution >= 0.6 is 0 Å². The number of rotatable bonds is 3. The highest BCUT2D eigenvalue weighted by Gasteiger charge is 2.37. The van der Waals surface area contributed by atoms with Gasteiger partial charge in [0.1, 0.15) is 0 Å². The molecule has 0 N–H and O–H groups in total. The van der Waals surface area contributed by atoms with E-state index >= 15 is 0 Å². The van der Waals surface area contributed by atoms with Crippen LogP contribution in [0.3, 0.4) is 0 Å². The minimum absolute atomic E-state index is 0.0814. The third-order valence-electron chi connectivity index (χ3n) is 3.86. The highest BCUT2D eigenvalue weighted by molar-refractivity contribution is 5.78. The van der Waals surface area contributed by atoms with Crippen LogP contribution in [0.2, 0.25) is 0 Å². The van der Waals surface area contributed by atoms with Crippen LogP contribution in [0.25, 0.3) is 5.69 Å². The highest BCUT2D eigenvalue weighted by Crippen LogP contribution is 2.38. The highest BCUT2D eigenvalue weighted by atomic mass is 19.4. The van der Waals surface area contributed by atoms with Gasteiger partial charge in [-0.25, -0.2) is 0 Å². The van der Waals surface area contributed by atoms with E-state index in [-0.39, 0.29) is 28.9 Å². The van der Waals surface area contributed by atoms with Gasteiger partial charge in [-0.2, -0.15) is 26.3 Å². The van der Waals surface area contributed by atoms with Gasteiger partial charge in [0.15, 0.2) is 6.29 Å². The molecule has 0 unspecified atom stereocenters. The predicted molar refractivity (Wildman–Crippen MR) is 80.0 cm³/mol. The molecular weight excluding hydrogens is 348 g/mol. The molecule has 2 rings (SSSR count). The van der Waals surface area contributed by atoms with Crippen LogP contribution in [0.5, 0.6) is 0 Å². The molecule has 0 bridgehead atoms. The molecular formula is C17H15F6NO. The van der Waals surface area contributed by atoms with Crippen LogP contribution in [0.15, 0.2) is 24.3 Å². The Labute approximate surface area is 140 Å². The molecule has 8 heteroatoms. The Morgan fingerprint density at radius 2 is 1.40 bits per heavy atom. The lowest BCUT2D eigenvalue weighted by atomic mass is 10.1. The first-order valence-corrected chi connectivity index (χ1v) is 7.33. The molecule has 0 aliphatic rings. The van der Waals surface area contributed by atoms with E-state index in [0.29, 0.717) is 24.1 Å². The van der Waals surface area contributed by atoms with Gasteiger partial charge in [0.2, 0.25) is 0 Å². The first-order chi connectivity index (χ1) is 11.4. The van der Waals surface area contributed by atoms with Crippen LogP contribution < -0.4 is 0 Å². The molecule has 1 heterocycles. The van der Waals surface area contributed by atoms with Crippen molar-refractivity contribution in [1.82, 2.24) is 4.57 Å². The zero-order valence-corrected chi connectivity index (χ0v) is 13.6. The maximum absolute atomic E-state index is 13.1. The number of nitrogens with zero attached hydrogens (tertiary/aromatic N) is 1. The summed E-state index contributed by atoms with van der Waals surface area (Å²) in [5.74, 6) is -0.212. The number of aldehydes is 1. The molecule has 0 amide bonds. The molecule has 0 atom stereocenters. The van der Waals surface area contributed by atoms with Gasteiger partial charge in [-0.1, -0.05) is 13.8 Å². The van der Waals surface area contributed by atoms with Crippen LogP contribution in [-0.2, 0) is 12.4 Å². The van der Waals surface area contributed by atoms with Crippen molar-refractivity contribution >= 4 is 6.29 Å². The fourth-order valence-electron chi connectivity index (χ4n) is 2.61. The lowest BCUT2D eigenvalue weighted by Crippen LogP contribution is -2.13. The topological polar surface area (TPSA) is 22.0 Å². The van der Waals surface area contributed by atoms with Gasteiger partial charge >= 0.3 is 12.4 Å². The largest absolute Gasteiger partial charge is 0.416 e. The normalized spacial score (nSPS) is 12.7. The van der Waals surface area contributed by atoms with Gasteiger partial charge in [-0.05, 0) is 37.1 Å². The van der Waals surface area contributed by atoms with Gasteiger partial charge in [0.25, 0.3) is 0 Å². The first kappa shape index (κ1) is 19.1. The smallest absolute Gasteiger partial charge is 0.317 e. The fourth-order valence-corrected chi connectivity index (χ4v) is 2.61. The van der Waals surface area contributed by atoms with Crippen molar-refractivity contribution in [2.24, 2.45) is 0 Å². The maximum Gasteiger partial charge on any atom is 0.416 e. The van der Waals surface area contributed by atoms with Crippen LogP contribution in [0.4, 0.5) is 26.3 Å². The standard InChI is InChI=1S/C17H15F6NO/c1-9(2)15-4-11(8-25)10(3)24(15)14-6-12(16(18,19)20)5-13(7-14)17(21,22)23/h4-9H,1-3H3. The Kier molecular flexibility index (Phi) is 4.76. The van der Waals surface area contributed by atoms with Gasteiger partial charge < -0.3 is 4.57 Å². The molecule has 1 aromatic heterocycles. The SMILES string of the molecule is Cc1c(C=O)cc(C(C)C)n1-c1cc(C(F)(F)F)cc(C(F)(F)F)c1. The van der Waals surface area contributed by atoms with Crippen LogP contribution in [-0.4, -0.2) is 10.9 Å². The molecule has 0 saturated heterocycles. The lowest BCUT2D eigenvalue weighted by molar-refractivity contribution is -0.143. The number of halogens is 6. The van der Waals surface area contributed by atoms with Gasteiger partial charge in [-0.15, -0.1) is 0 Å². The first-order valence-electron chi connectivity index (χ1n) is 7.33. The molecule has 0 radical (unpaired) electrons. The van der Waals surface area contributed by atoms with Gasteiger partial charge in [0, 0.05) is 22.6 Å². The lowest BCUT2D eigenvalue weighted by Gasteiger charge is -2.19. The molecule has 25 heavy (non-hydrogen) atoms. The average Bonchev–Trinajstić information content (AvgIpc) is 2.82. The number of carbonyl (C=O) groups is 1. The van der Waals surface area contributed by atoms with Gasteiger partial charge in [0.05, 0.1) is 11.1 Å². The zero-order valence-electron chi connectivity index (χ0n) is 13.6. The Balaban J connectivity index is 2.84. The maximum atomic E-state index is 13.1. The Hall–Kier alpha value is -2.25. The van der Waals surface area contributed by atoms with E-state index in [4.69, 9.17) is 0 Å². The van der Waals surface area contributed by atoms with Crippen molar-refractivity contribution in [3.05, 3.63) is 52.3 Å². The van der Waals surface area contributed by atoms with Crippen LogP contribution in [0, 0.1) is 6.92 Å². The summed E-state index contributed by atoms with van der Waals surface area (Å²) < 4.78 is 79.6. The van der Waals surface area contributed by atoms with E-state index in [2.05, 4.69) is 0 Å². The molecule has 1 aromatic carbocycles. The van der Waals surface area contributed by atoms with E-state index < -0.39 is 23.5 Å². The van der Waals surface area contributed by atoms with E-state index in [0.717, 1.165) is 0 Å². The second-order valence-corrected chi connectivity index (χ2v) is 5.98. The fraction of sp³-hybridized carbons (Fsp3) is 0.353. The molecule has 136 valence electrons. The third-order valence-corrected chi connectivity index (χ3v) is 3.86. The third kappa shape index (κ3) is 3.72. The summed E-state index contributed by atoms with van der Waals surface area (Å²) in [4.78, 5) is 11.1. The number of alkyl halides is 6. The predicted octanol–water partition coefficient (Wildman–Crippen LogP) is 5.76. The summed E-state index contributed by atoms with van der Waals surface area (Å²) in [6, 6.07) is 2.87. The number of hydrogen-bond donors (Lipinski definition) is 0. The summed E-state index contributed by atoms with van der Waals surface area (Å²) in [5.41, 5.74) is -2.12. The van der Waals surface area contributed by atoms with Crippen molar-refractivity contribution in [2.75, 3.05) is 0 Å². The average molecular weight is 363 g/mol. The van der Waals surface area contributed by atoms with E-state index in [1.54, 1.807) is 13.8 Å². The number of hydrogen-bond acceptors (Lipinski definition) is 1. The molecule has 2 aromatic rings.